The number of rotatable bonds is 12. The SMILES string of the molecule is CC(C)(C)[Si](C)(C)OC(CCC1=CC[C@H](O)[C@@H]1C/C=C\CCCC(=O)O)C1CCCC1. The number of unbranched alkanes of at least 4 members (excludes halogenated alkanes) is 1. The second-order valence-electron chi connectivity index (χ2n) is 11.2. The van der Waals surface area contributed by atoms with Crippen LogP contribution in [-0.4, -0.2) is 36.7 Å². The molecule has 0 spiro atoms. The summed E-state index contributed by atoms with van der Waals surface area (Å²) in [6, 6.07) is 0. The van der Waals surface area contributed by atoms with Crippen molar-refractivity contribution in [3.05, 3.63) is 23.8 Å². The first kappa shape index (κ1) is 26.3. The van der Waals surface area contributed by atoms with E-state index in [1.165, 1.54) is 31.3 Å². The predicted octanol–water partition coefficient (Wildman–Crippen LogP) is 6.86. The standard InChI is InChI=1S/C26H46O4Si/c1-26(2,3)31(4,5)30-24(21-12-10-11-13-21)19-17-20-16-18-23(27)22(20)14-8-6-7-9-15-25(28)29/h6,8,16,21-24,27H,7,9-15,17-19H2,1-5H3,(H,28,29)/b8-6-/t22-,23+,24?/m1/s1. The maximum Gasteiger partial charge on any atom is 0.303 e. The molecule has 2 N–H and O–H groups in total. The molecule has 0 amide bonds. The van der Waals surface area contributed by atoms with Crippen molar-refractivity contribution >= 4 is 14.3 Å². The van der Waals surface area contributed by atoms with E-state index in [4.69, 9.17) is 9.53 Å². The maximum atomic E-state index is 10.6. The van der Waals surface area contributed by atoms with Gasteiger partial charge >= 0.3 is 5.97 Å². The van der Waals surface area contributed by atoms with Crippen LogP contribution in [-0.2, 0) is 9.22 Å². The summed E-state index contributed by atoms with van der Waals surface area (Å²) in [5, 5.41) is 19.5. The zero-order valence-corrected chi connectivity index (χ0v) is 21.5. The summed E-state index contributed by atoms with van der Waals surface area (Å²) in [5.41, 5.74) is 1.39. The Kier molecular flexibility index (Phi) is 10.0. The number of hydrogen-bond donors (Lipinski definition) is 2. The third kappa shape index (κ3) is 8.18. The summed E-state index contributed by atoms with van der Waals surface area (Å²) in [7, 11) is -1.81. The highest BCUT2D eigenvalue weighted by Crippen LogP contribution is 2.42. The molecule has 0 aromatic rings. The van der Waals surface area contributed by atoms with Crippen LogP contribution < -0.4 is 0 Å². The normalized spacial score (nSPS) is 24.1. The topological polar surface area (TPSA) is 66.8 Å². The minimum absolute atomic E-state index is 0.202. The van der Waals surface area contributed by atoms with E-state index in [0.717, 1.165) is 32.1 Å². The maximum absolute atomic E-state index is 10.6. The van der Waals surface area contributed by atoms with Crippen molar-refractivity contribution in [2.24, 2.45) is 11.8 Å². The van der Waals surface area contributed by atoms with Crippen LogP contribution in [0.3, 0.4) is 0 Å². The predicted molar refractivity (Wildman–Crippen MR) is 131 cm³/mol. The second-order valence-corrected chi connectivity index (χ2v) is 15.9. The lowest BCUT2D eigenvalue weighted by atomic mass is 9.89. The number of aliphatic hydroxyl groups excluding tert-OH is 1. The van der Waals surface area contributed by atoms with E-state index >= 15 is 0 Å². The van der Waals surface area contributed by atoms with Crippen LogP contribution in [0.5, 0.6) is 0 Å². The zero-order chi connectivity index (χ0) is 23.1. The molecule has 0 aromatic carbocycles. The molecule has 31 heavy (non-hydrogen) atoms. The molecule has 2 rings (SSSR count). The molecule has 4 nitrogen and oxygen atoms in total. The lowest BCUT2D eigenvalue weighted by molar-refractivity contribution is -0.137. The van der Waals surface area contributed by atoms with E-state index in [-0.39, 0.29) is 23.5 Å². The largest absolute Gasteiger partial charge is 0.481 e. The van der Waals surface area contributed by atoms with Gasteiger partial charge in [0, 0.05) is 18.4 Å². The second kappa shape index (κ2) is 11.8. The van der Waals surface area contributed by atoms with Gasteiger partial charge in [-0.3, -0.25) is 4.79 Å². The van der Waals surface area contributed by atoms with Gasteiger partial charge in [-0.1, -0.05) is 57.4 Å². The molecule has 0 aromatic heterocycles. The molecule has 5 heteroatoms. The fraction of sp³-hybridized carbons (Fsp3) is 0.808. The summed E-state index contributed by atoms with van der Waals surface area (Å²) in [5.74, 6) is 0.156. The molecule has 2 aliphatic rings. The number of carboxylic acid groups (broad SMARTS) is 1. The molecule has 2 aliphatic carbocycles. The fourth-order valence-corrected chi connectivity index (χ4v) is 6.17. The third-order valence-electron chi connectivity index (χ3n) is 7.78. The van der Waals surface area contributed by atoms with Gasteiger partial charge in [0.15, 0.2) is 8.32 Å². The van der Waals surface area contributed by atoms with Gasteiger partial charge in [0.2, 0.25) is 0 Å². The van der Waals surface area contributed by atoms with Crippen LogP contribution in [0.15, 0.2) is 23.8 Å². The van der Waals surface area contributed by atoms with Gasteiger partial charge in [-0.15, -0.1) is 0 Å². The van der Waals surface area contributed by atoms with Gasteiger partial charge in [-0.25, -0.2) is 0 Å². The lowest BCUT2D eigenvalue weighted by Crippen LogP contribution is -2.45. The number of carbonyl (C=O) groups is 1. The van der Waals surface area contributed by atoms with Crippen molar-refractivity contribution < 1.29 is 19.4 Å². The van der Waals surface area contributed by atoms with E-state index in [1.54, 1.807) is 0 Å². The van der Waals surface area contributed by atoms with E-state index in [2.05, 4.69) is 52.1 Å². The molecule has 0 saturated heterocycles. The van der Waals surface area contributed by atoms with Crippen molar-refractivity contribution in [3.8, 4) is 0 Å². The Hall–Kier alpha value is -0.913. The molecular formula is C26H46O4Si. The molecule has 178 valence electrons. The van der Waals surface area contributed by atoms with E-state index in [0.29, 0.717) is 18.4 Å². The van der Waals surface area contributed by atoms with Gasteiger partial charge in [-0.2, -0.15) is 0 Å². The molecule has 0 aliphatic heterocycles. The Labute approximate surface area is 191 Å². The van der Waals surface area contributed by atoms with E-state index in [1.807, 2.05) is 0 Å². The average molecular weight is 451 g/mol. The first-order valence-electron chi connectivity index (χ1n) is 12.4. The summed E-state index contributed by atoms with van der Waals surface area (Å²) in [4.78, 5) is 10.6. The Morgan fingerprint density at radius 1 is 1.26 bits per heavy atom. The summed E-state index contributed by atoms with van der Waals surface area (Å²) < 4.78 is 6.94. The van der Waals surface area contributed by atoms with E-state index < -0.39 is 14.3 Å². The molecule has 3 atom stereocenters. The van der Waals surface area contributed by atoms with Crippen molar-refractivity contribution in [1.82, 2.24) is 0 Å². The van der Waals surface area contributed by atoms with Crippen LogP contribution in [0.25, 0.3) is 0 Å². The highest BCUT2D eigenvalue weighted by Gasteiger charge is 2.41. The monoisotopic (exact) mass is 450 g/mol. The highest BCUT2D eigenvalue weighted by molar-refractivity contribution is 6.74. The van der Waals surface area contributed by atoms with Crippen LogP contribution in [0, 0.1) is 11.8 Å². The van der Waals surface area contributed by atoms with Crippen molar-refractivity contribution in [1.29, 1.82) is 0 Å². The van der Waals surface area contributed by atoms with Crippen molar-refractivity contribution in [2.75, 3.05) is 0 Å². The lowest BCUT2D eigenvalue weighted by Gasteiger charge is -2.41. The minimum Gasteiger partial charge on any atom is -0.481 e. The quantitative estimate of drug-likeness (QED) is 0.194. The van der Waals surface area contributed by atoms with Gasteiger partial charge in [-0.05, 0) is 75.4 Å². The van der Waals surface area contributed by atoms with Gasteiger partial charge in [0.1, 0.15) is 0 Å². The number of aliphatic hydroxyl groups is 1. The Bertz CT molecular complexity index is 626. The Morgan fingerprint density at radius 2 is 1.94 bits per heavy atom. The summed E-state index contributed by atoms with van der Waals surface area (Å²) in [6.07, 6.45) is 17.1. The Morgan fingerprint density at radius 3 is 2.55 bits per heavy atom. The molecule has 1 unspecified atom stereocenters. The van der Waals surface area contributed by atoms with Gasteiger partial charge in [0.25, 0.3) is 0 Å². The molecular weight excluding hydrogens is 404 g/mol. The molecule has 1 fully saturated rings. The number of carboxylic acids is 1. The number of hydrogen-bond acceptors (Lipinski definition) is 3. The first-order valence-corrected chi connectivity index (χ1v) is 15.3. The average Bonchev–Trinajstić information content (AvgIpc) is 3.31. The summed E-state index contributed by atoms with van der Waals surface area (Å²) in [6.45, 7) is 11.7. The smallest absolute Gasteiger partial charge is 0.303 e. The zero-order valence-electron chi connectivity index (χ0n) is 20.5. The third-order valence-corrected chi connectivity index (χ3v) is 12.3. The summed E-state index contributed by atoms with van der Waals surface area (Å²) >= 11 is 0. The first-order chi connectivity index (χ1) is 14.5. The van der Waals surface area contributed by atoms with Gasteiger partial charge < -0.3 is 14.6 Å². The molecule has 0 heterocycles. The van der Waals surface area contributed by atoms with Gasteiger partial charge in [0.05, 0.1) is 6.10 Å². The molecule has 1 saturated carbocycles. The number of allylic oxidation sites excluding steroid dienone is 2. The number of aliphatic carboxylic acids is 1. The van der Waals surface area contributed by atoms with Crippen molar-refractivity contribution in [2.45, 2.75) is 122 Å². The van der Waals surface area contributed by atoms with Crippen LogP contribution >= 0.6 is 0 Å². The fourth-order valence-electron chi connectivity index (χ4n) is 4.75. The highest BCUT2D eigenvalue weighted by atomic mass is 28.4. The Balaban J connectivity index is 1.93. The van der Waals surface area contributed by atoms with Crippen molar-refractivity contribution in [3.63, 3.8) is 0 Å². The van der Waals surface area contributed by atoms with Crippen LogP contribution in [0.1, 0.15) is 91.4 Å². The molecule has 0 radical (unpaired) electrons. The van der Waals surface area contributed by atoms with E-state index in [9.17, 15) is 9.90 Å². The molecule has 0 bridgehead atoms. The van der Waals surface area contributed by atoms with Crippen LogP contribution in [0.2, 0.25) is 18.1 Å². The van der Waals surface area contributed by atoms with Crippen LogP contribution in [0.4, 0.5) is 0 Å². The minimum atomic E-state index is -1.81.